The second-order valence-corrected chi connectivity index (χ2v) is 11.1. The molecule has 2 fully saturated rings. The van der Waals surface area contributed by atoms with E-state index in [0.717, 1.165) is 5.56 Å². The Hall–Kier alpha value is -3.35. The number of morpholine rings is 1. The summed E-state index contributed by atoms with van der Waals surface area (Å²) in [6.45, 7) is 9.53. The summed E-state index contributed by atoms with van der Waals surface area (Å²) in [6, 6.07) is 8.78. The normalized spacial score (nSPS) is 19.5. The third-order valence-corrected chi connectivity index (χ3v) is 7.67. The third-order valence-electron chi connectivity index (χ3n) is 7.67. The second-order valence-electron chi connectivity index (χ2n) is 11.1. The number of carbonyl (C=O) groups excluding carboxylic acids is 3. The Balaban J connectivity index is 1.53. The highest BCUT2D eigenvalue weighted by molar-refractivity contribution is 6.48. The van der Waals surface area contributed by atoms with Crippen molar-refractivity contribution < 1.29 is 28.4 Å². The first-order valence-corrected chi connectivity index (χ1v) is 13.7. The Bertz CT molecular complexity index is 1140. The molecule has 3 amide bonds. The summed E-state index contributed by atoms with van der Waals surface area (Å²) in [5.74, 6) is -1.89. The summed E-state index contributed by atoms with van der Waals surface area (Å²) in [4.78, 5) is 49.4. The summed E-state index contributed by atoms with van der Waals surface area (Å²) in [7, 11) is -0.719. The summed E-state index contributed by atoms with van der Waals surface area (Å²) in [5, 5.41) is 5.73. The molecule has 2 N–H and O–H groups in total. The number of rotatable bonds is 10. The van der Waals surface area contributed by atoms with Crippen LogP contribution in [-0.2, 0) is 30.1 Å². The maximum absolute atomic E-state index is 13.8. The maximum Gasteiger partial charge on any atom is 0.481 e. The average Bonchev–Trinajstić information content (AvgIpc) is 3.18. The standard InChI is InChI=1S/C28H38BN5O6/c1-27(2)28(3,4)40-29(39-27)23(11-10-20-8-6-5-7-9-20)33-25(36)21(18-24(35)34-14-16-38-17-15-34)32-26(37)22-19-30-12-13-31-22/h5-9,12-13,19,21,23H,10-11,14-18H2,1-4H3,(H,32,37)(H,33,36)/t21?,23-/m0/s1. The van der Waals surface area contributed by atoms with E-state index in [1.165, 1.54) is 18.6 Å². The summed E-state index contributed by atoms with van der Waals surface area (Å²) in [6.07, 6.45) is 5.12. The topological polar surface area (TPSA) is 132 Å². The number of benzene rings is 1. The van der Waals surface area contributed by atoms with Gasteiger partial charge in [0.25, 0.3) is 5.91 Å². The van der Waals surface area contributed by atoms with Crippen molar-refractivity contribution in [1.82, 2.24) is 25.5 Å². The number of nitrogens with one attached hydrogen (secondary N) is 2. The van der Waals surface area contributed by atoms with E-state index in [1.807, 2.05) is 58.0 Å². The van der Waals surface area contributed by atoms with Gasteiger partial charge in [-0.15, -0.1) is 0 Å². The lowest BCUT2D eigenvalue weighted by molar-refractivity contribution is -0.138. The molecule has 2 atom stereocenters. The Morgan fingerprint density at radius 3 is 2.30 bits per heavy atom. The highest BCUT2D eigenvalue weighted by atomic mass is 16.7. The van der Waals surface area contributed by atoms with E-state index in [9.17, 15) is 14.4 Å². The van der Waals surface area contributed by atoms with Gasteiger partial charge in [-0.2, -0.15) is 0 Å². The van der Waals surface area contributed by atoms with Gasteiger partial charge in [0.15, 0.2) is 0 Å². The number of amides is 3. The molecule has 0 radical (unpaired) electrons. The number of hydrogen-bond donors (Lipinski definition) is 2. The van der Waals surface area contributed by atoms with E-state index in [4.69, 9.17) is 14.0 Å². The minimum Gasteiger partial charge on any atom is -0.402 e. The number of hydrogen-bond acceptors (Lipinski definition) is 8. The molecule has 0 saturated carbocycles. The maximum atomic E-state index is 13.8. The summed E-state index contributed by atoms with van der Waals surface area (Å²) >= 11 is 0. The van der Waals surface area contributed by atoms with Gasteiger partial charge in [-0.05, 0) is 46.1 Å². The van der Waals surface area contributed by atoms with Crippen LogP contribution in [0.1, 0.15) is 56.6 Å². The fourth-order valence-corrected chi connectivity index (χ4v) is 4.55. The van der Waals surface area contributed by atoms with Crippen LogP contribution in [-0.4, -0.2) is 89.2 Å². The van der Waals surface area contributed by atoms with Crippen LogP contribution in [0.25, 0.3) is 0 Å². The van der Waals surface area contributed by atoms with Crippen molar-refractivity contribution in [2.45, 2.75) is 70.1 Å². The molecule has 2 aliphatic rings. The monoisotopic (exact) mass is 551 g/mol. The number of carbonyl (C=O) groups is 3. The lowest BCUT2D eigenvalue weighted by atomic mass is 9.75. The van der Waals surface area contributed by atoms with Crippen molar-refractivity contribution in [1.29, 1.82) is 0 Å². The second kappa shape index (κ2) is 12.9. The number of nitrogens with zero attached hydrogens (tertiary/aromatic N) is 3. The zero-order valence-corrected chi connectivity index (χ0v) is 23.6. The first-order valence-electron chi connectivity index (χ1n) is 13.7. The fourth-order valence-electron chi connectivity index (χ4n) is 4.55. The van der Waals surface area contributed by atoms with Crippen LogP contribution in [0.2, 0.25) is 0 Å². The van der Waals surface area contributed by atoms with E-state index < -0.39 is 42.1 Å². The molecule has 214 valence electrons. The van der Waals surface area contributed by atoms with Crippen LogP contribution in [0, 0.1) is 0 Å². The van der Waals surface area contributed by atoms with Crippen LogP contribution in [0.4, 0.5) is 0 Å². The third kappa shape index (κ3) is 7.44. The van der Waals surface area contributed by atoms with Crippen LogP contribution in [0.15, 0.2) is 48.9 Å². The highest BCUT2D eigenvalue weighted by Gasteiger charge is 2.54. The van der Waals surface area contributed by atoms with Crippen molar-refractivity contribution in [3.63, 3.8) is 0 Å². The van der Waals surface area contributed by atoms with Gasteiger partial charge in [0, 0.05) is 25.5 Å². The van der Waals surface area contributed by atoms with Crippen molar-refractivity contribution in [3.05, 3.63) is 60.2 Å². The molecule has 12 heteroatoms. The van der Waals surface area contributed by atoms with Gasteiger partial charge in [0.2, 0.25) is 11.8 Å². The number of aryl methyl sites for hydroxylation is 1. The first-order chi connectivity index (χ1) is 19.1. The largest absolute Gasteiger partial charge is 0.481 e. The van der Waals surface area contributed by atoms with Gasteiger partial charge in [-0.1, -0.05) is 30.3 Å². The highest BCUT2D eigenvalue weighted by Crippen LogP contribution is 2.38. The molecule has 2 aromatic rings. The lowest BCUT2D eigenvalue weighted by Crippen LogP contribution is -2.56. The fraction of sp³-hybridized carbons (Fsp3) is 0.536. The molecule has 0 spiro atoms. The quantitative estimate of drug-likeness (QED) is 0.426. The van der Waals surface area contributed by atoms with E-state index >= 15 is 0 Å². The first kappa shape index (κ1) is 29.6. The molecule has 0 aliphatic carbocycles. The van der Waals surface area contributed by atoms with Crippen molar-refractivity contribution >= 4 is 24.8 Å². The van der Waals surface area contributed by atoms with Crippen molar-refractivity contribution in [2.24, 2.45) is 0 Å². The Morgan fingerprint density at radius 1 is 1.00 bits per heavy atom. The van der Waals surface area contributed by atoms with Gasteiger partial charge >= 0.3 is 7.12 Å². The summed E-state index contributed by atoms with van der Waals surface area (Å²) in [5.41, 5.74) is -0.0440. The Kier molecular flexibility index (Phi) is 9.54. The van der Waals surface area contributed by atoms with Gasteiger partial charge in [0.05, 0.1) is 43.0 Å². The lowest BCUT2D eigenvalue weighted by Gasteiger charge is -2.32. The van der Waals surface area contributed by atoms with Crippen molar-refractivity contribution in [3.8, 4) is 0 Å². The predicted molar refractivity (Wildman–Crippen MR) is 148 cm³/mol. The predicted octanol–water partition coefficient (Wildman–Crippen LogP) is 1.57. The molecule has 2 saturated heterocycles. The molecule has 0 bridgehead atoms. The SMILES string of the molecule is CC1(C)OB([C@H](CCc2ccccc2)NC(=O)C(CC(=O)N2CCOCC2)NC(=O)c2cnccn2)OC1(C)C. The molecule has 2 aliphatic heterocycles. The zero-order chi connectivity index (χ0) is 28.8. The van der Waals surface area contributed by atoms with Gasteiger partial charge in [0.1, 0.15) is 11.7 Å². The molecule has 1 aromatic carbocycles. The Labute approximate surface area is 235 Å². The van der Waals surface area contributed by atoms with Crippen LogP contribution in [0.3, 0.4) is 0 Å². The molecule has 3 heterocycles. The van der Waals surface area contributed by atoms with E-state index in [-0.39, 0.29) is 18.0 Å². The van der Waals surface area contributed by atoms with Crippen molar-refractivity contribution in [2.75, 3.05) is 26.3 Å². The van der Waals surface area contributed by atoms with E-state index in [0.29, 0.717) is 39.1 Å². The van der Waals surface area contributed by atoms with Crippen LogP contribution < -0.4 is 10.6 Å². The van der Waals surface area contributed by atoms with Crippen LogP contribution in [0.5, 0.6) is 0 Å². The van der Waals surface area contributed by atoms with Gasteiger partial charge in [-0.25, -0.2) is 4.98 Å². The smallest absolute Gasteiger partial charge is 0.402 e. The minimum absolute atomic E-state index is 0.0470. The van der Waals surface area contributed by atoms with Crippen LogP contribution >= 0.6 is 0 Å². The molecule has 1 unspecified atom stereocenters. The number of ether oxygens (including phenoxy) is 1. The van der Waals surface area contributed by atoms with E-state index in [1.54, 1.807) is 4.90 Å². The Morgan fingerprint density at radius 2 is 1.68 bits per heavy atom. The minimum atomic E-state index is -1.15. The average molecular weight is 551 g/mol. The molecule has 40 heavy (non-hydrogen) atoms. The zero-order valence-electron chi connectivity index (χ0n) is 23.6. The molecule has 11 nitrogen and oxygen atoms in total. The molecule has 4 rings (SSSR count). The molecular weight excluding hydrogens is 513 g/mol. The van der Waals surface area contributed by atoms with Gasteiger partial charge in [-0.3, -0.25) is 19.4 Å². The number of aromatic nitrogens is 2. The summed E-state index contributed by atoms with van der Waals surface area (Å²) < 4.78 is 17.9. The molecule has 1 aromatic heterocycles. The van der Waals surface area contributed by atoms with Gasteiger partial charge < -0.3 is 29.6 Å². The van der Waals surface area contributed by atoms with E-state index in [2.05, 4.69) is 20.6 Å². The molecular formula is C28H38BN5O6.